The number of halogens is 1. The molecular weight excluding hydrogens is 460 g/mol. The number of aryl methyl sites for hydroxylation is 1. The zero-order chi connectivity index (χ0) is 23.6. The minimum atomic E-state index is -3.93. The van der Waals surface area contributed by atoms with Gasteiger partial charge in [0.15, 0.2) is 6.10 Å². The molecule has 2 atom stereocenters. The lowest BCUT2D eigenvalue weighted by Crippen LogP contribution is -2.51. The molecule has 33 heavy (non-hydrogen) atoms. The van der Waals surface area contributed by atoms with Gasteiger partial charge in [-0.1, -0.05) is 66.6 Å². The number of amides is 1. The van der Waals surface area contributed by atoms with Crippen molar-refractivity contribution in [1.29, 1.82) is 0 Å². The summed E-state index contributed by atoms with van der Waals surface area (Å²) in [7, 11) is -3.93. The summed E-state index contributed by atoms with van der Waals surface area (Å²) in [4.78, 5) is 13.1. The molecule has 0 bridgehead atoms. The van der Waals surface area contributed by atoms with Crippen LogP contribution in [0.15, 0.2) is 77.7 Å². The van der Waals surface area contributed by atoms with Gasteiger partial charge in [-0.3, -0.25) is 9.10 Å². The van der Waals surface area contributed by atoms with E-state index >= 15 is 0 Å². The summed E-state index contributed by atoms with van der Waals surface area (Å²) in [6, 6.07) is 21.2. The van der Waals surface area contributed by atoms with Gasteiger partial charge in [0.2, 0.25) is 0 Å². The van der Waals surface area contributed by atoms with E-state index < -0.39 is 16.1 Å². The molecule has 1 heterocycles. The second-order valence-electron chi connectivity index (χ2n) is 8.12. The molecule has 1 aliphatic rings. The second-order valence-corrected chi connectivity index (χ2v) is 10.4. The van der Waals surface area contributed by atoms with E-state index in [9.17, 15) is 13.2 Å². The molecule has 0 saturated carbocycles. The SMILES string of the molecule is Cc1ccc(S(=O)(=O)N2C[C@@H](C(=O)NC[C@@H](C)c3ccccc3)Oc3ccc(Cl)cc32)cc1. The van der Waals surface area contributed by atoms with Crippen molar-refractivity contribution in [3.05, 3.63) is 88.9 Å². The largest absolute Gasteiger partial charge is 0.476 e. The predicted octanol–water partition coefficient (Wildman–Crippen LogP) is 4.52. The standard InChI is InChI=1S/C25H25ClN2O4S/c1-17-8-11-21(12-9-17)33(30,31)28-16-24(32-23-13-10-20(26)14-22(23)28)25(29)27-15-18(2)19-6-4-3-5-7-19/h3-14,18,24H,15-16H2,1-2H3,(H,27,29)/t18-,24+/m1/s1. The van der Waals surface area contributed by atoms with Crippen molar-refractivity contribution in [2.24, 2.45) is 0 Å². The molecule has 8 heteroatoms. The summed E-state index contributed by atoms with van der Waals surface area (Å²) in [5.74, 6) is 0.0114. The van der Waals surface area contributed by atoms with Gasteiger partial charge in [0, 0.05) is 11.6 Å². The number of carbonyl (C=O) groups is 1. The van der Waals surface area contributed by atoms with Crippen molar-refractivity contribution in [3.63, 3.8) is 0 Å². The number of hydrogen-bond acceptors (Lipinski definition) is 4. The number of carbonyl (C=O) groups excluding carboxylic acids is 1. The Labute approximate surface area is 199 Å². The molecule has 0 radical (unpaired) electrons. The molecule has 3 aromatic carbocycles. The maximum absolute atomic E-state index is 13.5. The highest BCUT2D eigenvalue weighted by Crippen LogP contribution is 2.38. The van der Waals surface area contributed by atoms with Crippen molar-refractivity contribution in [2.75, 3.05) is 17.4 Å². The van der Waals surface area contributed by atoms with Gasteiger partial charge in [-0.15, -0.1) is 0 Å². The fourth-order valence-corrected chi connectivity index (χ4v) is 5.33. The van der Waals surface area contributed by atoms with Gasteiger partial charge in [-0.25, -0.2) is 8.42 Å². The fraction of sp³-hybridized carbons (Fsp3) is 0.240. The Morgan fingerprint density at radius 3 is 2.52 bits per heavy atom. The van der Waals surface area contributed by atoms with Crippen molar-refractivity contribution in [1.82, 2.24) is 5.32 Å². The zero-order valence-electron chi connectivity index (χ0n) is 18.4. The lowest BCUT2D eigenvalue weighted by Gasteiger charge is -2.35. The maximum Gasteiger partial charge on any atom is 0.264 e. The van der Waals surface area contributed by atoms with Crippen LogP contribution in [0.5, 0.6) is 5.75 Å². The molecule has 6 nitrogen and oxygen atoms in total. The quantitative estimate of drug-likeness (QED) is 0.558. The van der Waals surface area contributed by atoms with E-state index in [4.69, 9.17) is 16.3 Å². The minimum absolute atomic E-state index is 0.0947. The summed E-state index contributed by atoms with van der Waals surface area (Å²) in [5.41, 5.74) is 2.36. The van der Waals surface area contributed by atoms with E-state index in [2.05, 4.69) is 5.32 Å². The first kappa shape index (κ1) is 23.1. The molecule has 0 aromatic heterocycles. The van der Waals surface area contributed by atoms with Crippen LogP contribution in [0.25, 0.3) is 0 Å². The molecular formula is C25H25ClN2O4S. The molecule has 1 N–H and O–H groups in total. The first-order valence-electron chi connectivity index (χ1n) is 10.6. The van der Waals surface area contributed by atoms with Crippen molar-refractivity contribution >= 4 is 33.2 Å². The first-order chi connectivity index (χ1) is 15.8. The predicted molar refractivity (Wildman–Crippen MR) is 129 cm³/mol. The third-order valence-electron chi connectivity index (χ3n) is 5.64. The number of hydrogen-bond donors (Lipinski definition) is 1. The second kappa shape index (κ2) is 9.45. The number of nitrogens with zero attached hydrogens (tertiary/aromatic N) is 1. The third kappa shape index (κ3) is 4.99. The number of sulfonamides is 1. The average molecular weight is 485 g/mol. The normalized spacial score (nSPS) is 16.5. The molecule has 0 aliphatic carbocycles. The molecule has 4 rings (SSSR count). The monoisotopic (exact) mass is 484 g/mol. The zero-order valence-corrected chi connectivity index (χ0v) is 19.9. The lowest BCUT2D eigenvalue weighted by atomic mass is 10.0. The molecule has 0 saturated heterocycles. The summed E-state index contributed by atoms with van der Waals surface area (Å²) in [6.07, 6.45) is -0.998. The molecule has 0 fully saturated rings. The Morgan fingerprint density at radius 2 is 1.82 bits per heavy atom. The van der Waals surface area contributed by atoms with Crippen LogP contribution < -0.4 is 14.4 Å². The number of ether oxygens (including phenoxy) is 1. The van der Waals surface area contributed by atoms with Gasteiger partial charge in [0.05, 0.1) is 17.1 Å². The molecule has 0 spiro atoms. The Bertz CT molecular complexity index is 1250. The van der Waals surface area contributed by atoms with Gasteiger partial charge >= 0.3 is 0 Å². The molecule has 1 amide bonds. The first-order valence-corrected chi connectivity index (χ1v) is 12.5. The van der Waals surface area contributed by atoms with Crippen LogP contribution in [0.3, 0.4) is 0 Å². The number of benzene rings is 3. The maximum atomic E-state index is 13.5. The lowest BCUT2D eigenvalue weighted by molar-refractivity contribution is -0.127. The number of anilines is 1. The van der Waals surface area contributed by atoms with Crippen LogP contribution in [-0.4, -0.2) is 33.5 Å². The fourth-order valence-electron chi connectivity index (χ4n) is 3.69. The van der Waals surface area contributed by atoms with Crippen LogP contribution in [0.4, 0.5) is 5.69 Å². The summed E-state index contributed by atoms with van der Waals surface area (Å²) >= 11 is 6.14. The van der Waals surface area contributed by atoms with Gasteiger partial charge in [-0.05, 0) is 48.7 Å². The van der Waals surface area contributed by atoms with E-state index in [1.807, 2.05) is 44.2 Å². The highest BCUT2D eigenvalue weighted by atomic mass is 35.5. The van der Waals surface area contributed by atoms with Gasteiger partial charge in [-0.2, -0.15) is 0 Å². The Morgan fingerprint density at radius 1 is 1.12 bits per heavy atom. The Balaban J connectivity index is 1.58. The molecule has 0 unspecified atom stereocenters. The van der Waals surface area contributed by atoms with Crippen LogP contribution in [-0.2, 0) is 14.8 Å². The highest BCUT2D eigenvalue weighted by Gasteiger charge is 2.37. The third-order valence-corrected chi connectivity index (χ3v) is 7.67. The van der Waals surface area contributed by atoms with Crippen molar-refractivity contribution in [2.45, 2.75) is 30.8 Å². The number of nitrogens with one attached hydrogen (secondary N) is 1. The van der Waals surface area contributed by atoms with E-state index in [0.29, 0.717) is 17.3 Å². The summed E-state index contributed by atoms with van der Waals surface area (Å²) < 4.78 is 34.1. The van der Waals surface area contributed by atoms with Gasteiger partial charge in [0.25, 0.3) is 15.9 Å². The Kier molecular flexibility index (Phi) is 6.63. The van der Waals surface area contributed by atoms with E-state index in [-0.39, 0.29) is 29.0 Å². The van der Waals surface area contributed by atoms with E-state index in [1.54, 1.807) is 36.4 Å². The van der Waals surface area contributed by atoms with Gasteiger partial charge < -0.3 is 10.1 Å². The van der Waals surface area contributed by atoms with Crippen molar-refractivity contribution < 1.29 is 17.9 Å². The topological polar surface area (TPSA) is 75.7 Å². The van der Waals surface area contributed by atoms with Crippen LogP contribution in [0, 0.1) is 6.92 Å². The van der Waals surface area contributed by atoms with Gasteiger partial charge in [0.1, 0.15) is 5.75 Å². The summed E-state index contributed by atoms with van der Waals surface area (Å²) in [6.45, 7) is 4.15. The molecule has 1 aliphatic heterocycles. The molecule has 3 aromatic rings. The number of fused-ring (bicyclic) bond motifs is 1. The smallest absolute Gasteiger partial charge is 0.264 e. The molecule has 172 valence electrons. The Hall–Kier alpha value is -3.03. The van der Waals surface area contributed by atoms with Crippen LogP contribution in [0.1, 0.15) is 24.0 Å². The van der Waals surface area contributed by atoms with E-state index in [0.717, 1.165) is 11.1 Å². The number of rotatable bonds is 6. The van der Waals surface area contributed by atoms with E-state index in [1.165, 1.54) is 10.4 Å². The average Bonchev–Trinajstić information content (AvgIpc) is 2.82. The minimum Gasteiger partial charge on any atom is -0.476 e. The van der Waals surface area contributed by atoms with Crippen LogP contribution >= 0.6 is 11.6 Å². The van der Waals surface area contributed by atoms with Crippen LogP contribution in [0.2, 0.25) is 5.02 Å². The highest BCUT2D eigenvalue weighted by molar-refractivity contribution is 7.92. The van der Waals surface area contributed by atoms with Crippen molar-refractivity contribution in [3.8, 4) is 5.75 Å². The summed E-state index contributed by atoms with van der Waals surface area (Å²) in [5, 5.41) is 3.28.